The normalized spacial score (nSPS) is 11.5. The minimum absolute atomic E-state index is 0.000810. The van der Waals surface area contributed by atoms with Gasteiger partial charge in [0.05, 0.1) is 17.2 Å². The highest BCUT2D eigenvalue weighted by Gasteiger charge is 2.16. The van der Waals surface area contributed by atoms with E-state index < -0.39 is 11.6 Å². The zero-order chi connectivity index (χ0) is 19.3. The van der Waals surface area contributed by atoms with Crippen LogP contribution in [0.1, 0.15) is 5.89 Å². The molecule has 9 heteroatoms. The SMILES string of the molecule is O=c1c2sc3cccc(F)c3c2ncn1Cc1nc(-c2cccc(F)c2)no1. The van der Waals surface area contributed by atoms with Gasteiger partial charge in [-0.25, -0.2) is 13.8 Å². The summed E-state index contributed by atoms with van der Waals surface area (Å²) in [6.45, 7) is 0.000810. The largest absolute Gasteiger partial charge is 0.337 e. The van der Waals surface area contributed by atoms with Crippen LogP contribution in [0.3, 0.4) is 0 Å². The number of thiophene rings is 1. The highest BCUT2D eigenvalue weighted by atomic mass is 32.1. The topological polar surface area (TPSA) is 73.8 Å². The number of rotatable bonds is 3. The van der Waals surface area contributed by atoms with E-state index in [0.717, 1.165) is 0 Å². The summed E-state index contributed by atoms with van der Waals surface area (Å²) < 4.78 is 35.0. The van der Waals surface area contributed by atoms with Gasteiger partial charge in [-0.15, -0.1) is 11.3 Å². The highest BCUT2D eigenvalue weighted by molar-refractivity contribution is 7.25. The van der Waals surface area contributed by atoms with Crippen LogP contribution in [0.15, 0.2) is 58.1 Å². The number of nitrogens with zero attached hydrogens (tertiary/aromatic N) is 4. The molecule has 0 bridgehead atoms. The number of fused-ring (bicyclic) bond motifs is 3. The lowest BCUT2D eigenvalue weighted by molar-refractivity contribution is 0.369. The lowest BCUT2D eigenvalue weighted by Gasteiger charge is -2.01. The zero-order valence-electron chi connectivity index (χ0n) is 14.1. The fourth-order valence-corrected chi connectivity index (χ4v) is 4.11. The molecule has 6 nitrogen and oxygen atoms in total. The minimum Gasteiger partial charge on any atom is -0.337 e. The van der Waals surface area contributed by atoms with Crippen molar-refractivity contribution >= 4 is 31.6 Å². The lowest BCUT2D eigenvalue weighted by atomic mass is 10.2. The maximum atomic E-state index is 14.1. The van der Waals surface area contributed by atoms with Crippen LogP contribution in [0.2, 0.25) is 0 Å². The van der Waals surface area contributed by atoms with Crippen LogP contribution in [-0.4, -0.2) is 19.7 Å². The molecule has 5 rings (SSSR count). The van der Waals surface area contributed by atoms with Crippen molar-refractivity contribution in [2.24, 2.45) is 0 Å². The van der Waals surface area contributed by atoms with Crippen LogP contribution in [0.5, 0.6) is 0 Å². The molecule has 5 aromatic rings. The van der Waals surface area contributed by atoms with Gasteiger partial charge in [-0.3, -0.25) is 9.36 Å². The fraction of sp³-hybridized carbons (Fsp3) is 0.0526. The van der Waals surface area contributed by atoms with Crippen LogP contribution in [0.4, 0.5) is 8.78 Å². The van der Waals surface area contributed by atoms with Crippen molar-refractivity contribution < 1.29 is 13.3 Å². The van der Waals surface area contributed by atoms with Gasteiger partial charge in [0, 0.05) is 10.3 Å². The van der Waals surface area contributed by atoms with Crippen molar-refractivity contribution in [1.82, 2.24) is 19.7 Å². The van der Waals surface area contributed by atoms with Gasteiger partial charge < -0.3 is 4.52 Å². The number of hydrogen-bond acceptors (Lipinski definition) is 6. The van der Waals surface area contributed by atoms with E-state index >= 15 is 0 Å². The molecule has 0 aliphatic heterocycles. The third-order valence-corrected chi connectivity index (χ3v) is 5.41. The summed E-state index contributed by atoms with van der Waals surface area (Å²) in [5.74, 6) is -0.424. The predicted octanol–water partition coefficient (Wildman–Crippen LogP) is 3.99. The maximum Gasteiger partial charge on any atom is 0.271 e. The van der Waals surface area contributed by atoms with E-state index in [1.54, 1.807) is 24.3 Å². The molecule has 0 atom stereocenters. The second-order valence-electron chi connectivity index (χ2n) is 6.09. The Hall–Kier alpha value is -3.46. The van der Waals surface area contributed by atoms with Gasteiger partial charge in [0.25, 0.3) is 5.56 Å². The van der Waals surface area contributed by atoms with Crippen molar-refractivity contribution in [2.75, 3.05) is 0 Å². The van der Waals surface area contributed by atoms with Gasteiger partial charge in [-0.2, -0.15) is 4.98 Å². The summed E-state index contributed by atoms with van der Waals surface area (Å²) in [7, 11) is 0. The van der Waals surface area contributed by atoms with Crippen LogP contribution >= 0.6 is 11.3 Å². The van der Waals surface area contributed by atoms with E-state index in [-0.39, 0.29) is 23.8 Å². The Morgan fingerprint density at radius 1 is 1.14 bits per heavy atom. The molecule has 0 amide bonds. The Labute approximate surface area is 159 Å². The molecular formula is C19H10F2N4O2S. The van der Waals surface area contributed by atoms with E-state index in [4.69, 9.17) is 4.52 Å². The Balaban J connectivity index is 1.54. The van der Waals surface area contributed by atoms with Gasteiger partial charge in [-0.1, -0.05) is 23.4 Å². The van der Waals surface area contributed by atoms with Crippen molar-refractivity contribution in [3.63, 3.8) is 0 Å². The first kappa shape index (κ1) is 16.7. The van der Waals surface area contributed by atoms with Crippen LogP contribution in [-0.2, 0) is 6.54 Å². The first-order valence-electron chi connectivity index (χ1n) is 8.25. The molecule has 0 saturated carbocycles. The third-order valence-electron chi connectivity index (χ3n) is 4.28. The number of halogens is 2. The second kappa shape index (κ2) is 6.31. The Morgan fingerprint density at radius 3 is 2.86 bits per heavy atom. The Kier molecular flexibility index (Phi) is 3.76. The monoisotopic (exact) mass is 396 g/mol. The number of hydrogen-bond donors (Lipinski definition) is 0. The highest BCUT2D eigenvalue weighted by Crippen LogP contribution is 2.31. The molecule has 0 aliphatic carbocycles. The number of benzene rings is 2. The first-order chi connectivity index (χ1) is 13.6. The molecule has 138 valence electrons. The molecule has 0 fully saturated rings. The van der Waals surface area contributed by atoms with Crippen LogP contribution in [0.25, 0.3) is 31.7 Å². The Bertz CT molecular complexity index is 1410. The number of aromatic nitrogens is 4. The smallest absolute Gasteiger partial charge is 0.271 e. The molecule has 3 aromatic heterocycles. The molecule has 0 spiro atoms. The fourth-order valence-electron chi connectivity index (χ4n) is 2.99. The van der Waals surface area contributed by atoms with Crippen molar-refractivity contribution in [2.45, 2.75) is 6.54 Å². The van der Waals surface area contributed by atoms with Crippen molar-refractivity contribution in [1.29, 1.82) is 0 Å². The van der Waals surface area contributed by atoms with E-state index in [2.05, 4.69) is 15.1 Å². The summed E-state index contributed by atoms with van der Waals surface area (Å²) in [4.78, 5) is 21.3. The predicted molar refractivity (Wildman–Crippen MR) is 100 cm³/mol. The summed E-state index contributed by atoms with van der Waals surface area (Å²) >= 11 is 1.19. The molecule has 0 saturated heterocycles. The summed E-state index contributed by atoms with van der Waals surface area (Å²) in [6.07, 6.45) is 1.33. The Morgan fingerprint density at radius 2 is 2.00 bits per heavy atom. The average Bonchev–Trinajstić information content (AvgIpc) is 3.30. The molecule has 0 radical (unpaired) electrons. The second-order valence-corrected chi connectivity index (χ2v) is 7.14. The standard InChI is InChI=1S/C19H10F2N4O2S/c20-11-4-1-3-10(7-11)18-23-14(27-24-18)8-25-9-22-16-15-12(21)5-2-6-13(15)28-17(16)19(25)26/h1-7,9H,8H2. The summed E-state index contributed by atoms with van der Waals surface area (Å²) in [6, 6.07) is 10.5. The van der Waals surface area contributed by atoms with Gasteiger partial charge >= 0.3 is 0 Å². The zero-order valence-corrected chi connectivity index (χ0v) is 14.9. The van der Waals surface area contributed by atoms with E-state index in [0.29, 0.717) is 25.9 Å². The first-order valence-corrected chi connectivity index (χ1v) is 9.06. The molecule has 28 heavy (non-hydrogen) atoms. The third kappa shape index (κ3) is 2.67. The van der Waals surface area contributed by atoms with Crippen LogP contribution in [0, 0.1) is 11.6 Å². The van der Waals surface area contributed by atoms with Crippen molar-refractivity contribution in [3.05, 3.63) is 76.7 Å². The molecule has 0 aliphatic rings. The van der Waals surface area contributed by atoms with Gasteiger partial charge in [0.1, 0.15) is 22.9 Å². The van der Waals surface area contributed by atoms with E-state index in [1.165, 1.54) is 40.4 Å². The molecule has 2 aromatic carbocycles. The van der Waals surface area contributed by atoms with Gasteiger partial charge in [-0.05, 0) is 24.3 Å². The van der Waals surface area contributed by atoms with Gasteiger partial charge in [0.15, 0.2) is 0 Å². The van der Waals surface area contributed by atoms with E-state index in [1.807, 2.05) is 0 Å². The molecular weight excluding hydrogens is 386 g/mol. The van der Waals surface area contributed by atoms with Gasteiger partial charge in [0.2, 0.25) is 11.7 Å². The lowest BCUT2D eigenvalue weighted by Crippen LogP contribution is -2.20. The molecule has 0 N–H and O–H groups in total. The summed E-state index contributed by atoms with van der Waals surface area (Å²) in [5, 5.41) is 4.17. The minimum atomic E-state index is -0.412. The molecule has 3 heterocycles. The maximum absolute atomic E-state index is 14.1. The quantitative estimate of drug-likeness (QED) is 0.461. The van der Waals surface area contributed by atoms with Crippen molar-refractivity contribution in [3.8, 4) is 11.4 Å². The van der Waals surface area contributed by atoms with Crippen LogP contribution < -0.4 is 5.56 Å². The molecule has 0 unspecified atom stereocenters. The van der Waals surface area contributed by atoms with E-state index in [9.17, 15) is 13.6 Å². The summed E-state index contributed by atoms with van der Waals surface area (Å²) in [5.41, 5.74) is 0.484. The average molecular weight is 396 g/mol.